The zero-order valence-corrected chi connectivity index (χ0v) is 14.1. The molecule has 0 aliphatic carbocycles. The Bertz CT molecular complexity index is 684. The van der Waals surface area contributed by atoms with E-state index in [1.54, 1.807) is 4.90 Å². The highest BCUT2D eigenvalue weighted by Gasteiger charge is 2.45. The summed E-state index contributed by atoms with van der Waals surface area (Å²) in [5.41, 5.74) is 0.0170. The molecule has 2 aliphatic heterocycles. The van der Waals surface area contributed by atoms with Crippen molar-refractivity contribution in [2.45, 2.75) is 38.6 Å². The van der Waals surface area contributed by atoms with E-state index in [-0.39, 0.29) is 34.9 Å². The topological polar surface area (TPSA) is 41.9 Å². The number of aliphatic imine (C=N–C) groups is 1. The minimum absolute atomic E-state index is 0.0170. The second-order valence-electron chi connectivity index (χ2n) is 5.72. The van der Waals surface area contributed by atoms with Crippen LogP contribution < -0.4 is 4.74 Å². The van der Waals surface area contributed by atoms with E-state index >= 15 is 0 Å². The van der Waals surface area contributed by atoms with Crippen LogP contribution >= 0.6 is 23.4 Å². The van der Waals surface area contributed by atoms with Crippen molar-refractivity contribution in [2.24, 2.45) is 4.99 Å². The monoisotopic (exact) mass is 360 g/mol. The third-order valence-electron chi connectivity index (χ3n) is 3.54. The van der Waals surface area contributed by atoms with E-state index in [9.17, 15) is 13.6 Å². The molecular formula is C15H15ClF2N2O2S. The first-order chi connectivity index (χ1) is 10.8. The number of carbonyl (C=O) groups excluding carboxylic acids is 1. The van der Waals surface area contributed by atoms with Gasteiger partial charge in [0, 0.05) is 12.5 Å². The van der Waals surface area contributed by atoms with Gasteiger partial charge < -0.3 is 9.64 Å². The molecule has 2 saturated heterocycles. The number of fused-ring (bicyclic) bond motifs is 1. The summed E-state index contributed by atoms with van der Waals surface area (Å²) in [5, 5.41) is 0.312. The molecule has 2 aliphatic rings. The number of ether oxygens (including phenoxy) is 1. The normalized spacial score (nSPS) is 25.6. The highest BCUT2D eigenvalue weighted by Crippen LogP contribution is 2.38. The Morgan fingerprint density at radius 1 is 1.48 bits per heavy atom. The van der Waals surface area contributed by atoms with E-state index in [1.165, 1.54) is 6.07 Å². The maximum Gasteiger partial charge on any atom is 0.219 e. The van der Waals surface area contributed by atoms with Crippen molar-refractivity contribution in [1.29, 1.82) is 0 Å². The lowest BCUT2D eigenvalue weighted by molar-refractivity contribution is -0.113. The van der Waals surface area contributed by atoms with Crippen LogP contribution in [-0.4, -0.2) is 40.0 Å². The maximum absolute atomic E-state index is 14.1. The number of amidine groups is 1. The van der Waals surface area contributed by atoms with Gasteiger partial charge in [0.15, 0.2) is 11.0 Å². The number of rotatable bonds is 3. The van der Waals surface area contributed by atoms with Crippen LogP contribution in [0.15, 0.2) is 17.1 Å². The summed E-state index contributed by atoms with van der Waals surface area (Å²) in [6, 6.07) is 2.02. The number of nitrogens with zero attached hydrogens (tertiary/aromatic N) is 2. The molecule has 0 amide bonds. The molecule has 0 bridgehead atoms. The molecular weight excluding hydrogens is 346 g/mol. The fourth-order valence-corrected chi connectivity index (χ4v) is 3.77. The van der Waals surface area contributed by atoms with E-state index in [0.717, 1.165) is 17.8 Å². The lowest BCUT2D eigenvalue weighted by atomic mass is 10.2. The molecule has 124 valence electrons. The average molecular weight is 361 g/mol. The van der Waals surface area contributed by atoms with E-state index in [4.69, 9.17) is 16.3 Å². The first kappa shape index (κ1) is 16.5. The molecule has 1 aromatic carbocycles. The third kappa shape index (κ3) is 3.30. The Morgan fingerprint density at radius 2 is 2.22 bits per heavy atom. The van der Waals surface area contributed by atoms with Crippen molar-refractivity contribution in [3.8, 4) is 5.75 Å². The van der Waals surface area contributed by atoms with E-state index in [1.807, 2.05) is 13.8 Å². The predicted octanol–water partition coefficient (Wildman–Crippen LogP) is 3.94. The van der Waals surface area contributed by atoms with Gasteiger partial charge in [-0.1, -0.05) is 11.6 Å². The fourth-order valence-electron chi connectivity index (χ4n) is 2.57. The van der Waals surface area contributed by atoms with Crippen LogP contribution in [0, 0.1) is 5.82 Å². The Labute approximate surface area is 141 Å². The van der Waals surface area contributed by atoms with Gasteiger partial charge in [-0.3, -0.25) is 4.79 Å². The summed E-state index contributed by atoms with van der Waals surface area (Å²) in [5.74, 6) is -0.302. The van der Waals surface area contributed by atoms with Crippen molar-refractivity contribution < 1.29 is 18.3 Å². The zero-order chi connectivity index (χ0) is 16.7. The van der Waals surface area contributed by atoms with Gasteiger partial charge in [0.2, 0.25) is 5.12 Å². The van der Waals surface area contributed by atoms with Crippen LogP contribution in [0.5, 0.6) is 5.75 Å². The summed E-state index contributed by atoms with van der Waals surface area (Å²) in [6.07, 6.45) is -1.03. The molecule has 0 radical (unpaired) electrons. The summed E-state index contributed by atoms with van der Waals surface area (Å²) < 4.78 is 33.1. The van der Waals surface area contributed by atoms with Gasteiger partial charge in [0.25, 0.3) is 0 Å². The molecule has 0 saturated carbocycles. The lowest BCUT2D eigenvalue weighted by Gasteiger charge is -2.16. The number of halogens is 3. The van der Waals surface area contributed by atoms with Crippen molar-refractivity contribution in [1.82, 2.24) is 4.90 Å². The Balaban J connectivity index is 1.94. The number of hydrogen-bond donors (Lipinski definition) is 0. The highest BCUT2D eigenvalue weighted by atomic mass is 35.5. The molecule has 2 unspecified atom stereocenters. The second-order valence-corrected chi connectivity index (χ2v) is 7.10. The number of thioether (sulfide) groups is 1. The minimum Gasteiger partial charge on any atom is -0.489 e. The van der Waals surface area contributed by atoms with Crippen LogP contribution in [0.1, 0.15) is 20.3 Å². The molecule has 0 N–H and O–H groups in total. The van der Waals surface area contributed by atoms with Gasteiger partial charge in [-0.25, -0.2) is 13.8 Å². The Kier molecular flexibility index (Phi) is 4.51. The first-order valence-corrected chi connectivity index (χ1v) is 8.41. The van der Waals surface area contributed by atoms with Crippen molar-refractivity contribution in [3.05, 3.63) is 23.0 Å². The molecule has 1 aromatic rings. The molecule has 2 heterocycles. The molecule has 0 aromatic heterocycles. The van der Waals surface area contributed by atoms with Crippen LogP contribution in [-0.2, 0) is 4.79 Å². The number of hydrogen-bond acceptors (Lipinski definition) is 4. The largest absolute Gasteiger partial charge is 0.489 e. The SMILES string of the molecule is CC(C)Oc1cc(N=C2SC(=O)C3CC(F)CN23)c(F)cc1Cl. The molecule has 2 fully saturated rings. The van der Waals surface area contributed by atoms with Crippen molar-refractivity contribution in [2.75, 3.05) is 6.54 Å². The van der Waals surface area contributed by atoms with Gasteiger partial charge in [-0.15, -0.1) is 0 Å². The zero-order valence-electron chi connectivity index (χ0n) is 12.6. The quantitative estimate of drug-likeness (QED) is 0.818. The van der Waals surface area contributed by atoms with Crippen LogP contribution in [0.3, 0.4) is 0 Å². The fraction of sp³-hybridized carbons (Fsp3) is 0.467. The van der Waals surface area contributed by atoms with Crippen LogP contribution in [0.4, 0.5) is 14.5 Å². The van der Waals surface area contributed by atoms with E-state index in [2.05, 4.69) is 4.99 Å². The number of alkyl halides is 1. The predicted molar refractivity (Wildman–Crippen MR) is 86.9 cm³/mol. The van der Waals surface area contributed by atoms with Gasteiger partial charge in [-0.2, -0.15) is 0 Å². The summed E-state index contributed by atoms with van der Waals surface area (Å²) in [7, 11) is 0. The van der Waals surface area contributed by atoms with E-state index in [0.29, 0.717) is 10.9 Å². The maximum atomic E-state index is 14.1. The molecule has 8 heteroatoms. The highest BCUT2D eigenvalue weighted by molar-refractivity contribution is 8.26. The van der Waals surface area contributed by atoms with E-state index < -0.39 is 18.0 Å². The van der Waals surface area contributed by atoms with Crippen LogP contribution in [0.2, 0.25) is 5.02 Å². The standard InChI is InChI=1S/C15H15ClF2N2O2S/c1-7(2)22-13-5-11(10(18)4-9(13)16)19-15-20-6-8(17)3-12(20)14(21)23-15/h4-5,7-8,12H,3,6H2,1-2H3. The van der Waals surface area contributed by atoms with Crippen molar-refractivity contribution in [3.63, 3.8) is 0 Å². The smallest absolute Gasteiger partial charge is 0.219 e. The van der Waals surface area contributed by atoms with Gasteiger partial charge in [-0.05, 0) is 31.7 Å². The third-order valence-corrected chi connectivity index (χ3v) is 4.82. The second kappa shape index (κ2) is 6.28. The van der Waals surface area contributed by atoms with Gasteiger partial charge in [0.05, 0.1) is 17.7 Å². The summed E-state index contributed by atoms with van der Waals surface area (Å²) >= 11 is 6.88. The van der Waals surface area contributed by atoms with Crippen molar-refractivity contribution >= 4 is 39.3 Å². The summed E-state index contributed by atoms with van der Waals surface area (Å²) in [4.78, 5) is 17.7. The molecule has 3 rings (SSSR count). The number of carbonyl (C=O) groups is 1. The first-order valence-electron chi connectivity index (χ1n) is 7.22. The van der Waals surface area contributed by atoms with Gasteiger partial charge in [0.1, 0.15) is 23.7 Å². The van der Waals surface area contributed by atoms with Gasteiger partial charge >= 0.3 is 0 Å². The Morgan fingerprint density at radius 3 is 2.91 bits per heavy atom. The molecule has 4 nitrogen and oxygen atoms in total. The summed E-state index contributed by atoms with van der Waals surface area (Å²) in [6.45, 7) is 3.76. The lowest BCUT2D eigenvalue weighted by Crippen LogP contribution is -2.29. The minimum atomic E-state index is -1.06. The molecule has 2 atom stereocenters. The average Bonchev–Trinajstić information content (AvgIpc) is 2.95. The molecule has 23 heavy (non-hydrogen) atoms. The van der Waals surface area contributed by atoms with Crippen LogP contribution in [0.25, 0.3) is 0 Å². The molecule has 0 spiro atoms. The number of benzene rings is 1. The Hall–Kier alpha value is -1.34.